The third-order valence-electron chi connectivity index (χ3n) is 2.59. The number of aromatic amines is 1. The molecule has 0 aliphatic rings. The lowest BCUT2D eigenvalue weighted by Crippen LogP contribution is -2.26. The fraction of sp³-hybridized carbons (Fsp3) is 0. The van der Waals surface area contributed by atoms with Gasteiger partial charge < -0.3 is 0 Å². The van der Waals surface area contributed by atoms with Crippen LogP contribution in [-0.4, -0.2) is 16.1 Å². The summed E-state index contributed by atoms with van der Waals surface area (Å²) in [7, 11) is 0. The highest BCUT2D eigenvalue weighted by Crippen LogP contribution is 2.10. The van der Waals surface area contributed by atoms with Gasteiger partial charge in [-0.15, -0.1) is 11.0 Å². The highest BCUT2D eigenvalue weighted by atomic mass is 16.5. The number of imidazole rings is 1. The molecule has 2 rings (SSSR count). The van der Waals surface area contributed by atoms with Crippen LogP contribution in [0, 0.1) is 59.8 Å². The Bertz CT molecular complexity index is 1060. The van der Waals surface area contributed by atoms with Crippen LogP contribution in [0.2, 0.25) is 0 Å². The van der Waals surface area contributed by atoms with Gasteiger partial charge in [-0.2, -0.15) is 0 Å². The Balaban J connectivity index is 2.26. The maximum absolute atomic E-state index is 11.4. The Kier molecular flexibility index (Phi) is 5.08. The van der Waals surface area contributed by atoms with Crippen molar-refractivity contribution in [2.75, 3.05) is 0 Å². The summed E-state index contributed by atoms with van der Waals surface area (Å²) in [4.78, 5) is 14.4. The minimum absolute atomic E-state index is 0.305. The lowest BCUT2D eigenvalue weighted by molar-refractivity contribution is -0.554. The maximum atomic E-state index is 11.4. The van der Waals surface area contributed by atoms with Gasteiger partial charge in [-0.25, -0.2) is 10.5 Å². The number of nitrogens with one attached hydrogen (secondary N) is 2. The summed E-state index contributed by atoms with van der Waals surface area (Å²) in [5.74, 6) is 18.9. The minimum atomic E-state index is -0.601. The molecule has 0 saturated carbocycles. The van der Waals surface area contributed by atoms with Crippen LogP contribution in [0.15, 0.2) is 24.5 Å². The van der Waals surface area contributed by atoms with Gasteiger partial charge in [0.2, 0.25) is 0 Å². The molecular weight excluding hydrogens is 290 g/mol. The summed E-state index contributed by atoms with van der Waals surface area (Å²) in [6.45, 7) is 0. The summed E-state index contributed by atoms with van der Waals surface area (Å²) >= 11 is 0. The number of aromatic nitrogens is 2. The number of rotatable bonds is 1. The minimum Gasteiger partial charge on any atom is -0.288 e. The van der Waals surface area contributed by atoms with Gasteiger partial charge in [0, 0.05) is 35.3 Å². The largest absolute Gasteiger partial charge is 0.288 e. The van der Waals surface area contributed by atoms with E-state index in [9.17, 15) is 4.79 Å². The summed E-state index contributed by atoms with van der Waals surface area (Å²) in [6, 6.07) is 7.66. The molecule has 0 atom stereocenters. The molecule has 0 unspecified atom stereocenters. The second-order valence-corrected chi connectivity index (χ2v) is 3.95. The van der Waals surface area contributed by atoms with Gasteiger partial charge in [-0.05, 0) is 35.8 Å². The molecule has 0 bridgehead atoms. The zero-order valence-corrected chi connectivity index (χ0v) is 11.7. The fourth-order valence-electron chi connectivity index (χ4n) is 1.64. The number of nitrogens with zero attached hydrogens (tertiary/aromatic N) is 1. The van der Waals surface area contributed by atoms with E-state index in [-0.39, 0.29) is 0 Å². The molecule has 1 heterocycles. The number of fused-ring (bicyclic) bond motifs is 1. The van der Waals surface area contributed by atoms with Crippen molar-refractivity contribution < 1.29 is 14.6 Å². The number of carbonyl (C=O) groups is 1. The smallest absolute Gasteiger partial charge is 0.274 e. The lowest BCUT2D eigenvalue weighted by atomic mass is 10.2. The summed E-state index contributed by atoms with van der Waals surface area (Å²) in [5.41, 5.74) is 3.34. The van der Waals surface area contributed by atoms with E-state index in [2.05, 4.69) is 58.4 Å². The van der Waals surface area contributed by atoms with Crippen molar-refractivity contribution in [1.29, 1.82) is 0 Å². The van der Waals surface area contributed by atoms with Gasteiger partial charge >= 0.3 is 0 Å². The van der Waals surface area contributed by atoms with Crippen molar-refractivity contribution >= 4 is 16.9 Å². The van der Waals surface area contributed by atoms with Crippen molar-refractivity contribution in [2.24, 2.45) is 0 Å². The predicted molar refractivity (Wildman–Crippen MR) is 83.1 cm³/mol. The molecule has 5 nitrogen and oxygen atoms in total. The van der Waals surface area contributed by atoms with E-state index in [4.69, 9.17) is 11.6 Å². The highest BCUT2D eigenvalue weighted by Gasteiger charge is 2.12. The monoisotopic (exact) mass is 298 g/mol. The number of terminal acetylenes is 1. The molecule has 0 aliphatic heterocycles. The van der Waals surface area contributed by atoms with Crippen LogP contribution >= 0.6 is 0 Å². The molecule has 0 saturated heterocycles. The fourth-order valence-corrected chi connectivity index (χ4v) is 1.64. The molecule has 0 spiro atoms. The first-order chi connectivity index (χ1) is 11.3. The van der Waals surface area contributed by atoms with Gasteiger partial charge in [-0.3, -0.25) is 10.0 Å². The Hall–Kier alpha value is -4.08. The average Bonchev–Trinajstić information content (AvgIpc) is 2.99. The first kappa shape index (κ1) is 15.3. The van der Waals surface area contributed by atoms with E-state index in [1.54, 1.807) is 34.6 Å². The van der Waals surface area contributed by atoms with Crippen LogP contribution in [0.3, 0.4) is 0 Å². The second-order valence-electron chi connectivity index (χ2n) is 3.95. The van der Waals surface area contributed by atoms with Gasteiger partial charge in [0.05, 0.1) is 0 Å². The van der Waals surface area contributed by atoms with Crippen molar-refractivity contribution in [3.8, 4) is 59.8 Å². The molecule has 0 radical (unpaired) electrons. The van der Waals surface area contributed by atoms with E-state index >= 15 is 0 Å². The number of benzene rings is 1. The maximum Gasteiger partial charge on any atom is 0.274 e. The van der Waals surface area contributed by atoms with Crippen molar-refractivity contribution in [3.63, 3.8) is 0 Å². The first-order valence-electron chi connectivity index (χ1n) is 6.20. The van der Waals surface area contributed by atoms with Gasteiger partial charge in [0.1, 0.15) is 6.04 Å². The SMILES string of the molecule is C#CC#CC#CC#CC#C[n+]1c[nH]c2ccc(C(=O)NO)cc21. The second kappa shape index (κ2) is 7.64. The van der Waals surface area contributed by atoms with E-state index in [1.165, 1.54) is 0 Å². The van der Waals surface area contributed by atoms with Crippen LogP contribution in [0.5, 0.6) is 0 Å². The molecule has 1 amide bonds. The van der Waals surface area contributed by atoms with Crippen molar-refractivity contribution in [3.05, 3.63) is 30.1 Å². The Labute approximate surface area is 132 Å². The van der Waals surface area contributed by atoms with Crippen LogP contribution in [0.4, 0.5) is 0 Å². The lowest BCUT2D eigenvalue weighted by Gasteiger charge is -1.96. The van der Waals surface area contributed by atoms with Crippen LogP contribution < -0.4 is 10.0 Å². The van der Waals surface area contributed by atoms with E-state index in [1.807, 2.05) is 0 Å². The Morgan fingerprint density at radius 2 is 1.83 bits per heavy atom. The number of hydrogen-bond donors (Lipinski definition) is 3. The third-order valence-corrected chi connectivity index (χ3v) is 2.59. The zero-order valence-electron chi connectivity index (χ0n) is 11.7. The van der Waals surface area contributed by atoms with Crippen LogP contribution in [0.25, 0.3) is 11.0 Å². The predicted octanol–water partition coefficient (Wildman–Crippen LogP) is 0.0268. The number of carbonyl (C=O) groups excluding carboxylic acids is 1. The molecule has 1 aromatic heterocycles. The molecule has 106 valence electrons. The molecule has 1 aromatic carbocycles. The summed E-state index contributed by atoms with van der Waals surface area (Å²) in [5, 5.41) is 8.66. The first-order valence-corrected chi connectivity index (χ1v) is 6.20. The Morgan fingerprint density at radius 1 is 1.13 bits per heavy atom. The molecule has 5 heteroatoms. The zero-order chi connectivity index (χ0) is 16.5. The number of H-pyrrole nitrogens is 1. The standard InChI is InChI=1S/C18H7N3O2/c1-2-3-4-5-6-7-8-9-12-21-14-19-16-11-10-15(13-17(16)21)18(22)20-23/h1,10-11,13-14H,(H2,20,22,23)/p+1. The van der Waals surface area contributed by atoms with Crippen LogP contribution in [0.1, 0.15) is 10.4 Å². The number of amides is 1. The molecule has 23 heavy (non-hydrogen) atoms. The van der Waals surface area contributed by atoms with E-state index < -0.39 is 5.91 Å². The topological polar surface area (TPSA) is 69.0 Å². The highest BCUT2D eigenvalue weighted by molar-refractivity contribution is 5.96. The van der Waals surface area contributed by atoms with E-state index in [0.29, 0.717) is 11.1 Å². The Morgan fingerprint density at radius 3 is 2.52 bits per heavy atom. The molecule has 0 fully saturated rings. The number of hydrogen-bond acceptors (Lipinski definition) is 2. The summed E-state index contributed by atoms with van der Waals surface area (Å²) in [6.07, 6.45) is 6.56. The van der Waals surface area contributed by atoms with E-state index in [0.717, 1.165) is 5.52 Å². The number of hydroxylamine groups is 1. The van der Waals surface area contributed by atoms with Crippen molar-refractivity contribution in [1.82, 2.24) is 10.5 Å². The van der Waals surface area contributed by atoms with Gasteiger partial charge in [0.25, 0.3) is 12.2 Å². The van der Waals surface area contributed by atoms with Crippen LogP contribution in [-0.2, 0) is 0 Å². The van der Waals surface area contributed by atoms with Gasteiger partial charge in [0.15, 0.2) is 11.0 Å². The quantitative estimate of drug-likeness (QED) is 0.301. The normalized spacial score (nSPS) is 7.83. The average molecular weight is 298 g/mol. The van der Waals surface area contributed by atoms with Crippen molar-refractivity contribution in [2.45, 2.75) is 0 Å². The summed E-state index contributed by atoms with van der Waals surface area (Å²) < 4.78 is 1.57. The van der Waals surface area contributed by atoms with Gasteiger partial charge in [-0.1, -0.05) is 0 Å². The molecular formula is C18H8N3O2+. The molecule has 0 aliphatic carbocycles. The molecule has 2 aromatic rings. The molecule has 3 N–H and O–H groups in total. The third kappa shape index (κ3) is 3.95.